The van der Waals surface area contributed by atoms with Crippen LogP contribution in [0.3, 0.4) is 0 Å². The maximum Gasteiger partial charge on any atom is 0.0901 e. The molecule has 0 unspecified atom stereocenters. The molecule has 0 bridgehead atoms. The van der Waals surface area contributed by atoms with Crippen molar-refractivity contribution in [3.8, 4) is 0 Å². The quantitative estimate of drug-likeness (QED) is 0.701. The van der Waals surface area contributed by atoms with Crippen molar-refractivity contribution in [3.63, 3.8) is 0 Å². The fourth-order valence-electron chi connectivity index (χ4n) is 0.630. The first-order chi connectivity index (χ1) is 4.83. The molecule has 0 aliphatic rings. The van der Waals surface area contributed by atoms with Crippen molar-refractivity contribution >= 4 is 17.4 Å². The number of aromatic nitrogens is 1. The van der Waals surface area contributed by atoms with Gasteiger partial charge in [-0.05, 0) is 13.0 Å². The molecule has 0 spiro atoms. The number of hydrogen-bond acceptors (Lipinski definition) is 3. The van der Waals surface area contributed by atoms with E-state index in [2.05, 4.69) is 4.98 Å². The minimum Gasteiger partial charge on any atom is -0.392 e. The number of aryl methyl sites for hydroxylation is 1. The maximum atomic E-state index is 8.42. The van der Waals surface area contributed by atoms with Crippen molar-refractivity contribution in [2.24, 2.45) is 0 Å². The Hall–Kier alpha value is -0.670. The molecule has 1 aromatic rings. The molecule has 1 aromatic heterocycles. The molecule has 0 amide bonds. The molecule has 0 saturated heterocycles. The average molecular weight is 155 g/mol. The van der Waals surface area contributed by atoms with Crippen LogP contribution < -0.4 is 0 Å². The molecule has 3 heteroatoms. The maximum absolute atomic E-state index is 8.42. The molecule has 1 N–H and O–H groups in total. The van der Waals surface area contributed by atoms with Crippen molar-refractivity contribution in [2.45, 2.75) is 6.92 Å². The smallest absolute Gasteiger partial charge is 0.0901 e. The highest BCUT2D eigenvalue weighted by Crippen LogP contribution is 2.08. The first kappa shape index (κ1) is 7.44. The van der Waals surface area contributed by atoms with E-state index in [-0.39, 0.29) is 6.61 Å². The van der Waals surface area contributed by atoms with Crippen LogP contribution in [0, 0.1) is 6.92 Å². The summed E-state index contributed by atoms with van der Waals surface area (Å²) >= 11 is 1.61. The molecule has 1 rings (SSSR count). The first-order valence-corrected chi connectivity index (χ1v) is 3.90. The monoisotopic (exact) mass is 155 g/mol. The van der Waals surface area contributed by atoms with Gasteiger partial charge in [-0.1, -0.05) is 6.08 Å². The minimum absolute atomic E-state index is 0.0799. The van der Waals surface area contributed by atoms with Gasteiger partial charge in [0, 0.05) is 5.38 Å². The highest BCUT2D eigenvalue weighted by molar-refractivity contribution is 7.09. The molecule has 10 heavy (non-hydrogen) atoms. The Morgan fingerprint density at radius 3 is 3.10 bits per heavy atom. The van der Waals surface area contributed by atoms with Crippen LogP contribution in [-0.4, -0.2) is 16.7 Å². The summed E-state index contributed by atoms with van der Waals surface area (Å²) < 4.78 is 0. The van der Waals surface area contributed by atoms with Crippen molar-refractivity contribution in [3.05, 3.63) is 22.2 Å². The number of aliphatic hydroxyl groups is 1. The van der Waals surface area contributed by atoms with E-state index in [1.165, 1.54) is 0 Å². The zero-order valence-electron chi connectivity index (χ0n) is 5.74. The Balaban J connectivity index is 2.67. The number of hydrogen-bond donors (Lipinski definition) is 1. The van der Waals surface area contributed by atoms with E-state index in [1.54, 1.807) is 17.4 Å². The third kappa shape index (κ3) is 1.93. The van der Waals surface area contributed by atoms with Gasteiger partial charge >= 0.3 is 0 Å². The molecule has 0 aromatic carbocycles. The average Bonchev–Trinajstić information content (AvgIpc) is 2.31. The Morgan fingerprint density at radius 1 is 1.80 bits per heavy atom. The van der Waals surface area contributed by atoms with E-state index in [4.69, 9.17) is 5.11 Å². The second-order valence-corrected chi connectivity index (χ2v) is 2.94. The van der Waals surface area contributed by atoms with Crippen LogP contribution >= 0.6 is 11.3 Å². The Labute approximate surface area is 63.9 Å². The zero-order chi connectivity index (χ0) is 7.40. The largest absolute Gasteiger partial charge is 0.392 e. The van der Waals surface area contributed by atoms with Crippen molar-refractivity contribution in [2.75, 3.05) is 6.61 Å². The van der Waals surface area contributed by atoms with Gasteiger partial charge in [0.1, 0.15) is 0 Å². The highest BCUT2D eigenvalue weighted by Gasteiger charge is 1.90. The molecule has 1 heterocycles. The lowest BCUT2D eigenvalue weighted by molar-refractivity contribution is 0.343. The molecule has 0 saturated carbocycles. The summed E-state index contributed by atoms with van der Waals surface area (Å²) in [5, 5.41) is 11.4. The fraction of sp³-hybridized carbons (Fsp3) is 0.286. The van der Waals surface area contributed by atoms with Gasteiger partial charge < -0.3 is 5.11 Å². The van der Waals surface area contributed by atoms with Crippen LogP contribution in [0.2, 0.25) is 0 Å². The van der Waals surface area contributed by atoms with Crippen LogP contribution in [0.1, 0.15) is 10.7 Å². The number of aliphatic hydroxyl groups excluding tert-OH is 1. The third-order valence-electron chi connectivity index (χ3n) is 1.03. The molecule has 2 nitrogen and oxygen atoms in total. The Bertz CT molecular complexity index is 229. The van der Waals surface area contributed by atoms with Gasteiger partial charge in [0.2, 0.25) is 0 Å². The third-order valence-corrected chi connectivity index (χ3v) is 1.82. The molecule has 0 radical (unpaired) electrons. The van der Waals surface area contributed by atoms with Crippen LogP contribution in [0.4, 0.5) is 0 Å². The lowest BCUT2D eigenvalue weighted by atomic mass is 10.4. The molecular formula is C7H9NOS. The van der Waals surface area contributed by atoms with Gasteiger partial charge in [0.25, 0.3) is 0 Å². The SMILES string of the molecule is Cc1nc(C=CCO)cs1. The van der Waals surface area contributed by atoms with Gasteiger partial charge in [-0.15, -0.1) is 11.3 Å². The zero-order valence-corrected chi connectivity index (χ0v) is 6.56. The lowest BCUT2D eigenvalue weighted by Gasteiger charge is -1.79. The first-order valence-electron chi connectivity index (χ1n) is 3.02. The highest BCUT2D eigenvalue weighted by atomic mass is 32.1. The summed E-state index contributed by atoms with van der Waals surface area (Å²) in [5.41, 5.74) is 0.927. The predicted molar refractivity (Wildman–Crippen MR) is 43.0 cm³/mol. The van der Waals surface area contributed by atoms with E-state index in [0.717, 1.165) is 10.7 Å². The Morgan fingerprint density at radius 2 is 2.60 bits per heavy atom. The standard InChI is InChI=1S/C7H9NOS/c1-6-8-7(5-10-6)3-2-4-9/h2-3,5,9H,4H2,1H3. The molecule has 0 aliphatic heterocycles. The van der Waals surface area contributed by atoms with Crippen LogP contribution in [0.5, 0.6) is 0 Å². The molecular weight excluding hydrogens is 146 g/mol. The van der Waals surface area contributed by atoms with E-state index >= 15 is 0 Å². The van der Waals surface area contributed by atoms with E-state index in [9.17, 15) is 0 Å². The summed E-state index contributed by atoms with van der Waals surface area (Å²) in [6.45, 7) is 2.04. The number of rotatable bonds is 2. The summed E-state index contributed by atoms with van der Waals surface area (Å²) in [6, 6.07) is 0. The number of thiazole rings is 1. The summed E-state index contributed by atoms with van der Waals surface area (Å²) in [4.78, 5) is 4.17. The topological polar surface area (TPSA) is 33.1 Å². The van der Waals surface area contributed by atoms with Gasteiger partial charge in [-0.2, -0.15) is 0 Å². The van der Waals surface area contributed by atoms with E-state index < -0.39 is 0 Å². The van der Waals surface area contributed by atoms with Gasteiger partial charge in [-0.25, -0.2) is 4.98 Å². The van der Waals surface area contributed by atoms with Gasteiger partial charge in [-0.3, -0.25) is 0 Å². The van der Waals surface area contributed by atoms with Crippen LogP contribution in [0.15, 0.2) is 11.5 Å². The van der Waals surface area contributed by atoms with Gasteiger partial charge in [0.05, 0.1) is 17.3 Å². The van der Waals surface area contributed by atoms with Crippen molar-refractivity contribution in [1.29, 1.82) is 0 Å². The van der Waals surface area contributed by atoms with E-state index in [0.29, 0.717) is 0 Å². The van der Waals surface area contributed by atoms with Crippen LogP contribution in [0.25, 0.3) is 6.08 Å². The van der Waals surface area contributed by atoms with Crippen LogP contribution in [-0.2, 0) is 0 Å². The van der Waals surface area contributed by atoms with Crippen molar-refractivity contribution in [1.82, 2.24) is 4.98 Å². The number of nitrogens with zero attached hydrogens (tertiary/aromatic N) is 1. The second kappa shape index (κ2) is 3.49. The minimum atomic E-state index is 0.0799. The predicted octanol–water partition coefficient (Wildman–Crippen LogP) is 1.46. The lowest BCUT2D eigenvalue weighted by Crippen LogP contribution is -1.73. The molecule has 0 fully saturated rings. The molecule has 54 valence electrons. The van der Waals surface area contributed by atoms with E-state index in [1.807, 2.05) is 18.4 Å². The summed E-state index contributed by atoms with van der Waals surface area (Å²) in [7, 11) is 0. The second-order valence-electron chi connectivity index (χ2n) is 1.88. The summed E-state index contributed by atoms with van der Waals surface area (Å²) in [6.07, 6.45) is 3.48. The van der Waals surface area contributed by atoms with Gasteiger partial charge in [0.15, 0.2) is 0 Å². The molecule has 0 atom stereocenters. The fourth-order valence-corrected chi connectivity index (χ4v) is 1.21. The normalized spacial score (nSPS) is 11.0. The molecule has 0 aliphatic carbocycles. The summed E-state index contributed by atoms with van der Waals surface area (Å²) in [5.74, 6) is 0. The van der Waals surface area contributed by atoms with Crippen molar-refractivity contribution < 1.29 is 5.11 Å². The Kier molecular flexibility index (Phi) is 2.59.